The predicted molar refractivity (Wildman–Crippen MR) is 89.9 cm³/mol. The fourth-order valence-electron chi connectivity index (χ4n) is 2.72. The van der Waals surface area contributed by atoms with Gasteiger partial charge in [0.15, 0.2) is 0 Å². The normalized spacial score (nSPS) is 16.8. The van der Waals surface area contributed by atoms with Gasteiger partial charge in [0.25, 0.3) is 5.91 Å². The molecular weight excluding hydrogens is 308 g/mol. The SMILES string of the molecule is Cc1oncc1C(=O)Nc1ccc(NC(=O)CC2CCCN2)cc1. The molecule has 0 spiro atoms. The van der Waals surface area contributed by atoms with Crippen LogP contribution < -0.4 is 16.0 Å². The number of nitrogens with one attached hydrogen (secondary N) is 3. The van der Waals surface area contributed by atoms with Crippen molar-refractivity contribution >= 4 is 23.2 Å². The van der Waals surface area contributed by atoms with E-state index in [-0.39, 0.29) is 17.9 Å². The van der Waals surface area contributed by atoms with Crippen LogP contribution in [-0.2, 0) is 4.79 Å². The zero-order chi connectivity index (χ0) is 16.9. The molecule has 0 radical (unpaired) electrons. The van der Waals surface area contributed by atoms with E-state index in [2.05, 4.69) is 21.1 Å². The van der Waals surface area contributed by atoms with E-state index in [1.165, 1.54) is 6.20 Å². The number of anilines is 2. The minimum atomic E-state index is -0.280. The van der Waals surface area contributed by atoms with Gasteiger partial charge < -0.3 is 20.5 Å². The van der Waals surface area contributed by atoms with Crippen molar-refractivity contribution in [3.63, 3.8) is 0 Å². The Bertz CT molecular complexity index is 718. The molecule has 24 heavy (non-hydrogen) atoms. The summed E-state index contributed by atoms with van der Waals surface area (Å²) in [5.41, 5.74) is 1.74. The second kappa shape index (κ2) is 7.27. The van der Waals surface area contributed by atoms with Crippen LogP contribution in [-0.4, -0.2) is 29.6 Å². The number of benzene rings is 1. The molecule has 1 aliphatic rings. The Morgan fingerprint density at radius 3 is 2.54 bits per heavy atom. The fraction of sp³-hybridized carbons (Fsp3) is 0.353. The van der Waals surface area contributed by atoms with E-state index in [9.17, 15) is 9.59 Å². The van der Waals surface area contributed by atoms with Gasteiger partial charge in [0.05, 0.1) is 6.20 Å². The van der Waals surface area contributed by atoms with Gasteiger partial charge in [-0.25, -0.2) is 0 Å². The van der Waals surface area contributed by atoms with E-state index in [0.29, 0.717) is 29.1 Å². The smallest absolute Gasteiger partial charge is 0.260 e. The lowest BCUT2D eigenvalue weighted by Gasteiger charge is -2.11. The molecule has 1 aliphatic heterocycles. The molecule has 1 aromatic carbocycles. The topological polar surface area (TPSA) is 96.3 Å². The summed E-state index contributed by atoms with van der Waals surface area (Å²) in [6.45, 7) is 2.66. The van der Waals surface area contributed by atoms with Crippen LogP contribution in [0.3, 0.4) is 0 Å². The molecule has 0 bridgehead atoms. The zero-order valence-electron chi connectivity index (χ0n) is 13.5. The summed E-state index contributed by atoms with van der Waals surface area (Å²) in [5.74, 6) is 0.182. The van der Waals surface area contributed by atoms with E-state index in [0.717, 1.165) is 19.4 Å². The lowest BCUT2D eigenvalue weighted by Crippen LogP contribution is -2.27. The van der Waals surface area contributed by atoms with Gasteiger partial charge in [-0.15, -0.1) is 0 Å². The molecule has 0 saturated carbocycles. The zero-order valence-corrected chi connectivity index (χ0v) is 13.5. The minimum Gasteiger partial charge on any atom is -0.361 e. The highest BCUT2D eigenvalue weighted by atomic mass is 16.5. The van der Waals surface area contributed by atoms with Crippen molar-refractivity contribution in [1.29, 1.82) is 0 Å². The van der Waals surface area contributed by atoms with Crippen LogP contribution in [0.4, 0.5) is 11.4 Å². The first-order chi connectivity index (χ1) is 11.6. The number of hydrogen-bond acceptors (Lipinski definition) is 5. The van der Waals surface area contributed by atoms with Gasteiger partial charge in [0.2, 0.25) is 5.91 Å². The average Bonchev–Trinajstić information content (AvgIpc) is 3.20. The molecule has 1 unspecified atom stereocenters. The Labute approximate surface area is 139 Å². The average molecular weight is 328 g/mol. The Hall–Kier alpha value is -2.67. The number of nitrogens with zero attached hydrogens (tertiary/aromatic N) is 1. The van der Waals surface area contributed by atoms with Gasteiger partial charge >= 0.3 is 0 Å². The van der Waals surface area contributed by atoms with Crippen LogP contribution in [0.2, 0.25) is 0 Å². The second-order valence-electron chi connectivity index (χ2n) is 5.87. The highest BCUT2D eigenvalue weighted by Gasteiger charge is 2.17. The highest BCUT2D eigenvalue weighted by molar-refractivity contribution is 6.04. The summed E-state index contributed by atoms with van der Waals surface area (Å²) < 4.78 is 4.88. The van der Waals surface area contributed by atoms with Gasteiger partial charge in [0.1, 0.15) is 11.3 Å². The molecule has 3 N–H and O–H groups in total. The van der Waals surface area contributed by atoms with Crippen LogP contribution in [0.25, 0.3) is 0 Å². The monoisotopic (exact) mass is 328 g/mol. The summed E-state index contributed by atoms with van der Waals surface area (Å²) in [6, 6.07) is 7.27. The molecular formula is C17H20N4O3. The maximum absolute atomic E-state index is 12.1. The highest BCUT2D eigenvalue weighted by Crippen LogP contribution is 2.17. The van der Waals surface area contributed by atoms with Crippen LogP contribution in [0.1, 0.15) is 35.4 Å². The van der Waals surface area contributed by atoms with Crippen molar-refractivity contribution < 1.29 is 14.1 Å². The third kappa shape index (κ3) is 3.99. The number of carbonyl (C=O) groups excluding carboxylic acids is 2. The van der Waals surface area contributed by atoms with Gasteiger partial charge in [-0.3, -0.25) is 9.59 Å². The summed E-state index contributed by atoms with van der Waals surface area (Å²) in [4.78, 5) is 24.1. The van der Waals surface area contributed by atoms with Crippen molar-refractivity contribution in [2.45, 2.75) is 32.2 Å². The largest absolute Gasteiger partial charge is 0.361 e. The number of hydrogen-bond donors (Lipinski definition) is 3. The first-order valence-electron chi connectivity index (χ1n) is 7.98. The van der Waals surface area contributed by atoms with Gasteiger partial charge in [-0.1, -0.05) is 5.16 Å². The lowest BCUT2D eigenvalue weighted by molar-refractivity contribution is -0.116. The lowest BCUT2D eigenvalue weighted by atomic mass is 10.1. The van der Waals surface area contributed by atoms with Crippen molar-refractivity contribution in [3.8, 4) is 0 Å². The predicted octanol–water partition coefficient (Wildman–Crippen LogP) is 2.32. The quantitative estimate of drug-likeness (QED) is 0.783. The Morgan fingerprint density at radius 1 is 1.25 bits per heavy atom. The molecule has 7 heteroatoms. The van der Waals surface area contributed by atoms with Gasteiger partial charge in [-0.2, -0.15) is 0 Å². The van der Waals surface area contributed by atoms with Gasteiger partial charge in [0, 0.05) is 23.8 Å². The number of aryl methyl sites for hydroxylation is 1. The summed E-state index contributed by atoms with van der Waals surface area (Å²) in [7, 11) is 0. The summed E-state index contributed by atoms with van der Waals surface area (Å²) in [5, 5.41) is 12.5. The van der Waals surface area contributed by atoms with Crippen LogP contribution >= 0.6 is 0 Å². The fourth-order valence-corrected chi connectivity index (χ4v) is 2.72. The molecule has 3 rings (SSSR count). The third-order valence-corrected chi connectivity index (χ3v) is 4.02. The van der Waals surface area contributed by atoms with Crippen LogP contribution in [0, 0.1) is 6.92 Å². The molecule has 1 fully saturated rings. The first kappa shape index (κ1) is 16.2. The van der Waals surface area contributed by atoms with Crippen molar-refractivity contribution in [2.24, 2.45) is 0 Å². The molecule has 126 valence electrons. The summed E-state index contributed by atoms with van der Waals surface area (Å²) >= 11 is 0. The standard InChI is InChI=1S/C17H20N4O3/c1-11-15(10-19-24-11)17(23)21-13-6-4-12(5-7-13)20-16(22)9-14-3-2-8-18-14/h4-7,10,14,18H,2-3,8-9H2,1H3,(H,20,22)(H,21,23). The molecule has 2 heterocycles. The molecule has 7 nitrogen and oxygen atoms in total. The van der Waals surface area contributed by atoms with Crippen LogP contribution in [0.15, 0.2) is 35.0 Å². The van der Waals surface area contributed by atoms with E-state index >= 15 is 0 Å². The van der Waals surface area contributed by atoms with Crippen LogP contribution in [0.5, 0.6) is 0 Å². The number of aromatic nitrogens is 1. The van der Waals surface area contributed by atoms with E-state index in [4.69, 9.17) is 4.52 Å². The molecule has 1 atom stereocenters. The molecule has 1 saturated heterocycles. The Kier molecular flexibility index (Phi) is 4.90. The number of rotatable bonds is 5. The first-order valence-corrected chi connectivity index (χ1v) is 7.98. The van der Waals surface area contributed by atoms with Crippen molar-refractivity contribution in [2.75, 3.05) is 17.2 Å². The maximum atomic E-state index is 12.1. The van der Waals surface area contributed by atoms with Gasteiger partial charge in [-0.05, 0) is 50.6 Å². The summed E-state index contributed by atoms with van der Waals surface area (Å²) in [6.07, 6.45) is 4.03. The third-order valence-electron chi connectivity index (χ3n) is 4.02. The minimum absolute atomic E-state index is 0.00807. The van der Waals surface area contributed by atoms with E-state index < -0.39 is 0 Å². The molecule has 2 aromatic rings. The molecule has 2 amide bonds. The number of carbonyl (C=O) groups is 2. The van der Waals surface area contributed by atoms with E-state index in [1.54, 1.807) is 31.2 Å². The number of amides is 2. The van der Waals surface area contributed by atoms with Crippen molar-refractivity contribution in [3.05, 3.63) is 41.8 Å². The van der Waals surface area contributed by atoms with Crippen molar-refractivity contribution in [1.82, 2.24) is 10.5 Å². The Balaban J connectivity index is 1.54. The maximum Gasteiger partial charge on any atom is 0.260 e. The Morgan fingerprint density at radius 2 is 1.96 bits per heavy atom. The second-order valence-corrected chi connectivity index (χ2v) is 5.87. The molecule has 0 aliphatic carbocycles. The molecule has 1 aromatic heterocycles. The van der Waals surface area contributed by atoms with E-state index in [1.807, 2.05) is 0 Å².